The number of hydrogen-bond acceptors (Lipinski definition) is 19. The number of nitrogens with one attached hydrogen (secondary N) is 5. The minimum Gasteiger partial charge on any atom is -0.410 e. The van der Waals surface area contributed by atoms with Gasteiger partial charge in [0.2, 0.25) is 34.9 Å². The molecular formula is C56H73ClN16O8. The number of aromatic nitrogens is 8. The first kappa shape index (κ1) is 59.2. The maximum atomic E-state index is 12.7. The average molecular weight is 1130 g/mol. The molecule has 25 heteroatoms. The van der Waals surface area contributed by atoms with E-state index in [4.69, 9.17) is 50.5 Å². The maximum Gasteiger partial charge on any atom is 0.415 e. The van der Waals surface area contributed by atoms with E-state index in [-0.39, 0.29) is 35.9 Å². The van der Waals surface area contributed by atoms with E-state index in [2.05, 4.69) is 77.6 Å². The molecule has 0 atom stereocenters. The molecule has 0 unspecified atom stereocenters. The molecule has 4 aliphatic rings. The number of nitrogens with zero attached hydrogens (tertiary/aromatic N) is 11. The number of ether oxygens (including phenoxy) is 4. The topological polar surface area (TPSA) is 261 Å². The molecule has 6 aromatic rings. The lowest BCUT2D eigenvalue weighted by atomic mass is 10.1. The van der Waals surface area contributed by atoms with Crippen LogP contribution < -0.4 is 36.1 Å². The molecule has 0 aliphatic carbocycles. The van der Waals surface area contributed by atoms with E-state index in [1.165, 1.54) is 6.08 Å². The van der Waals surface area contributed by atoms with Gasteiger partial charge < -0.3 is 60.2 Å². The molecule has 0 radical (unpaired) electrons. The first-order valence-electron chi connectivity index (χ1n) is 27.5. The lowest BCUT2D eigenvalue weighted by Crippen LogP contribution is -2.50. The number of rotatable bonds is 16. The minimum absolute atomic E-state index is 0.129. The van der Waals surface area contributed by atoms with E-state index in [1.807, 2.05) is 48.8 Å². The summed E-state index contributed by atoms with van der Waals surface area (Å²) < 4.78 is 25.7. The molecule has 4 saturated heterocycles. The van der Waals surface area contributed by atoms with Crippen molar-refractivity contribution in [1.82, 2.24) is 59.2 Å². The Labute approximate surface area is 476 Å². The van der Waals surface area contributed by atoms with Gasteiger partial charge in [0, 0.05) is 115 Å². The molecule has 8 heterocycles. The molecule has 3 amide bonds. The van der Waals surface area contributed by atoms with Gasteiger partial charge in [0.05, 0.1) is 12.4 Å². The molecule has 0 saturated carbocycles. The van der Waals surface area contributed by atoms with Crippen LogP contribution >= 0.6 is 11.6 Å². The first-order chi connectivity index (χ1) is 39.2. The van der Waals surface area contributed by atoms with Crippen LogP contribution in [0.3, 0.4) is 0 Å². The number of hydrogen-bond donors (Lipinski definition) is 5. The fourth-order valence-corrected chi connectivity index (χ4v) is 9.23. The third-order valence-electron chi connectivity index (χ3n) is 13.8. The quantitative estimate of drug-likeness (QED) is 0.0479. The second-order valence-electron chi connectivity index (χ2n) is 20.3. The average Bonchev–Trinajstić information content (AvgIpc) is 4.18. The smallest absolute Gasteiger partial charge is 0.410 e. The van der Waals surface area contributed by atoms with Gasteiger partial charge in [-0.05, 0) is 96.7 Å². The van der Waals surface area contributed by atoms with Crippen molar-refractivity contribution in [3.8, 4) is 11.5 Å². The van der Waals surface area contributed by atoms with Crippen molar-refractivity contribution in [3.05, 3.63) is 108 Å². The normalized spacial score (nSPS) is 16.0. The van der Waals surface area contributed by atoms with Gasteiger partial charge in [-0.2, -0.15) is 39.2 Å². The molecular weight excluding hydrogens is 1060 g/mol. The predicted octanol–water partition coefficient (Wildman–Crippen LogP) is 7.07. The number of carbonyl (C=O) groups excluding carboxylic acids is 4. The lowest BCUT2D eigenvalue weighted by molar-refractivity contribution is -0.127. The molecule has 10 rings (SSSR count). The Kier molecular flexibility index (Phi) is 21.2. The molecule has 432 valence electrons. The first-order valence-corrected chi connectivity index (χ1v) is 27.9. The van der Waals surface area contributed by atoms with E-state index in [1.54, 1.807) is 35.9 Å². The maximum absolute atomic E-state index is 12.7. The molecule has 24 nitrogen and oxygen atoms in total. The predicted molar refractivity (Wildman–Crippen MR) is 308 cm³/mol. The second kappa shape index (κ2) is 29.0. The third kappa shape index (κ3) is 16.6. The third-order valence-corrected chi connectivity index (χ3v) is 14.0. The molecule has 4 fully saturated rings. The van der Waals surface area contributed by atoms with Gasteiger partial charge in [-0.15, -0.1) is 0 Å². The highest BCUT2D eigenvalue weighted by atomic mass is 35.5. The molecule has 4 aromatic heterocycles. The molecule has 81 heavy (non-hydrogen) atoms. The summed E-state index contributed by atoms with van der Waals surface area (Å²) in [5, 5.41) is 25.6. The Morgan fingerprint density at radius 1 is 0.642 bits per heavy atom. The monoisotopic (exact) mass is 1130 g/mol. The zero-order valence-electron chi connectivity index (χ0n) is 46.4. The van der Waals surface area contributed by atoms with Crippen LogP contribution in [0.5, 0.6) is 11.5 Å². The lowest BCUT2D eigenvalue weighted by Gasteiger charge is -2.33. The Morgan fingerprint density at radius 2 is 1.06 bits per heavy atom. The number of fused-ring (bicyclic) bond motifs is 2. The highest BCUT2D eigenvalue weighted by molar-refractivity contribution is 6.66. The molecule has 2 aromatic carbocycles. The van der Waals surface area contributed by atoms with Crippen LogP contribution in [0.25, 0.3) is 11.3 Å². The highest BCUT2D eigenvalue weighted by Gasteiger charge is 2.26. The fraction of sp³-hybridized carbons (Fsp3) is 0.464. The fourth-order valence-electron chi connectivity index (χ4n) is 9.23. The van der Waals surface area contributed by atoms with E-state index in [0.717, 1.165) is 105 Å². The zero-order chi connectivity index (χ0) is 57.3. The van der Waals surface area contributed by atoms with Crippen molar-refractivity contribution in [2.24, 2.45) is 0 Å². The molecule has 0 bridgehead atoms. The van der Waals surface area contributed by atoms with Crippen molar-refractivity contribution in [1.29, 1.82) is 0 Å². The number of amides is 3. The van der Waals surface area contributed by atoms with E-state index in [0.29, 0.717) is 87.7 Å². The van der Waals surface area contributed by atoms with Crippen LogP contribution in [-0.4, -0.2) is 168 Å². The van der Waals surface area contributed by atoms with Gasteiger partial charge in [0.1, 0.15) is 11.5 Å². The van der Waals surface area contributed by atoms with Crippen molar-refractivity contribution < 1.29 is 38.1 Å². The van der Waals surface area contributed by atoms with Crippen LogP contribution in [0.1, 0.15) is 87.5 Å². The van der Waals surface area contributed by atoms with Crippen molar-refractivity contribution in [2.45, 2.75) is 90.4 Å². The Bertz CT molecular complexity index is 3110. The van der Waals surface area contributed by atoms with Crippen LogP contribution in [0.15, 0.2) is 86.2 Å². The number of carbonyl (C=O) groups is 4. The van der Waals surface area contributed by atoms with E-state index in [9.17, 15) is 19.2 Å². The van der Waals surface area contributed by atoms with Crippen LogP contribution in [0, 0.1) is 0 Å². The summed E-state index contributed by atoms with van der Waals surface area (Å²) in [5.41, 5.74) is 5.54. The SMILES string of the molecule is C=CC(=O)Cl.C=CC(=O)N1CCN(C(=O)Oc2cccc(CNc3nc(NC4CCOCC4)nc4c(C(C)C)cnn34)c2)CC1.CC(C)c1cnn2c(NCc3cccc(OC(=O)N4CCNCC4)c3)nc(NC3CCOCC3)nc12. The summed E-state index contributed by atoms with van der Waals surface area (Å²) >= 11 is 4.71. The van der Waals surface area contributed by atoms with Crippen molar-refractivity contribution in [2.75, 3.05) is 100 Å². The van der Waals surface area contributed by atoms with Gasteiger partial charge >= 0.3 is 12.2 Å². The summed E-state index contributed by atoms with van der Waals surface area (Å²) in [6, 6.07) is 15.4. The Hall–Kier alpha value is -7.93. The summed E-state index contributed by atoms with van der Waals surface area (Å²) in [6.07, 6.45) is 8.93. The van der Waals surface area contributed by atoms with E-state index >= 15 is 0 Å². The second-order valence-corrected chi connectivity index (χ2v) is 20.7. The Morgan fingerprint density at radius 3 is 1.47 bits per heavy atom. The number of piperazine rings is 2. The molecule has 4 aliphatic heterocycles. The van der Waals surface area contributed by atoms with E-state index < -0.39 is 11.3 Å². The zero-order valence-corrected chi connectivity index (χ0v) is 47.2. The number of allylic oxidation sites excluding steroid dienone is 1. The summed E-state index contributed by atoms with van der Waals surface area (Å²) in [5.74, 6) is 3.69. The van der Waals surface area contributed by atoms with Gasteiger partial charge in [-0.1, -0.05) is 65.1 Å². The van der Waals surface area contributed by atoms with Gasteiger partial charge in [-0.25, -0.2) is 9.59 Å². The van der Waals surface area contributed by atoms with Crippen LogP contribution in [-0.2, 0) is 32.2 Å². The minimum atomic E-state index is -0.509. The summed E-state index contributed by atoms with van der Waals surface area (Å²) in [4.78, 5) is 70.5. The molecule has 0 spiro atoms. The molecule has 5 N–H and O–H groups in total. The number of halogens is 1. The van der Waals surface area contributed by atoms with Gasteiger partial charge in [0.25, 0.3) is 0 Å². The Balaban J connectivity index is 0.000000197. The van der Waals surface area contributed by atoms with Crippen LogP contribution in [0.2, 0.25) is 0 Å². The highest BCUT2D eigenvalue weighted by Crippen LogP contribution is 2.26. The van der Waals surface area contributed by atoms with Gasteiger partial charge in [0.15, 0.2) is 11.3 Å². The number of anilines is 4. The number of benzene rings is 2. The van der Waals surface area contributed by atoms with Crippen molar-refractivity contribution in [3.63, 3.8) is 0 Å². The van der Waals surface area contributed by atoms with Gasteiger partial charge in [-0.3, -0.25) is 9.59 Å². The standard InChI is InChI=1S/C28H36N8O4.C25H34N8O3.C3H3ClO/c1-4-24(37)34-10-12-35(13-11-34)28(38)40-22-7-5-6-20(16-22)17-29-27-33-26(31-21-8-14-39-15-9-21)32-25-23(19(2)3)18-30-36(25)27;1-17(2)21-16-28-33-22(21)30-23(29-19-6-12-35-13-7-19)31-24(33)27-15-18-4-3-5-20(14-18)36-25(34)32-10-8-26-9-11-32;1-2-3(4)5/h4-7,16,18-19,21H,1,8-15,17H2,2-3H3,(H2,29,31,32,33);3-5,14,16-17,19,26H,6-13,15H2,1-2H3,(H2,27,29,30,31);2H,1H2. The van der Waals surface area contributed by atoms with Crippen LogP contribution in [0.4, 0.5) is 33.4 Å². The summed E-state index contributed by atoms with van der Waals surface area (Å²) in [7, 11) is 0. The largest absolute Gasteiger partial charge is 0.415 e. The van der Waals surface area contributed by atoms with Crippen molar-refractivity contribution >= 4 is 70.0 Å². The summed E-state index contributed by atoms with van der Waals surface area (Å²) in [6.45, 7) is 23.5.